The zero-order valence-corrected chi connectivity index (χ0v) is 11.8. The molecule has 0 aliphatic carbocycles. The monoisotopic (exact) mass is 310 g/mol. The highest BCUT2D eigenvalue weighted by Gasteiger charge is 2.38. The molecule has 0 fully saturated rings. The van der Waals surface area contributed by atoms with E-state index >= 15 is 0 Å². The first-order valence-corrected chi connectivity index (χ1v) is 7.37. The van der Waals surface area contributed by atoms with E-state index in [1.807, 2.05) is 0 Å². The second kappa shape index (κ2) is 6.51. The first-order chi connectivity index (χ1) is 8.82. The Labute approximate surface area is 117 Å². The molecule has 0 aromatic carbocycles. The average molecular weight is 310 g/mol. The van der Waals surface area contributed by atoms with Gasteiger partial charge in [-0.3, -0.25) is 0 Å². The van der Waals surface area contributed by atoms with Crippen LogP contribution >= 0.6 is 23.5 Å². The van der Waals surface area contributed by atoms with Crippen LogP contribution in [0.5, 0.6) is 0 Å². The lowest BCUT2D eigenvalue weighted by Crippen LogP contribution is -2.28. The van der Waals surface area contributed by atoms with E-state index in [1.165, 1.54) is 0 Å². The molecule has 0 saturated carbocycles. The number of rotatable bonds is 5. The maximum absolute atomic E-state index is 13.1. The van der Waals surface area contributed by atoms with E-state index in [0.717, 1.165) is 29.7 Å². The van der Waals surface area contributed by atoms with E-state index in [9.17, 15) is 23.1 Å². The van der Waals surface area contributed by atoms with Crippen LogP contribution in [0.1, 0.15) is 29.8 Å². The second-order valence-corrected chi connectivity index (χ2v) is 5.89. The number of hydrogen-bond acceptors (Lipinski definition) is 5. The van der Waals surface area contributed by atoms with Crippen molar-refractivity contribution >= 4 is 29.5 Å². The fourth-order valence-electron chi connectivity index (χ4n) is 1.46. The molecule has 0 atom stereocenters. The number of carboxylic acids is 1. The Morgan fingerprint density at radius 3 is 2.32 bits per heavy atom. The largest absolute Gasteiger partial charge is 0.545 e. The molecule has 0 aliphatic rings. The molecule has 0 unspecified atom stereocenters. The molecule has 1 rings (SSSR count). The van der Waals surface area contributed by atoms with E-state index in [4.69, 9.17) is 0 Å². The topological polar surface area (TPSA) is 53.0 Å². The van der Waals surface area contributed by atoms with Crippen LogP contribution < -0.4 is 5.11 Å². The van der Waals surface area contributed by atoms with Crippen molar-refractivity contribution < 1.29 is 23.1 Å². The second-order valence-electron chi connectivity index (χ2n) is 3.33. The van der Waals surface area contributed by atoms with Gasteiger partial charge in [-0.15, -0.1) is 23.5 Å². The van der Waals surface area contributed by atoms with Gasteiger partial charge in [0.1, 0.15) is 5.03 Å². The number of pyridine rings is 1. The van der Waals surface area contributed by atoms with Crippen LogP contribution in [0.4, 0.5) is 13.2 Å². The minimum Gasteiger partial charge on any atom is -0.545 e. The normalized spacial score (nSPS) is 11.6. The van der Waals surface area contributed by atoms with Crippen LogP contribution in [0, 0.1) is 0 Å². The van der Waals surface area contributed by atoms with Gasteiger partial charge in [-0.05, 0) is 11.5 Å². The lowest BCUT2D eigenvalue weighted by Gasteiger charge is -2.19. The predicted molar refractivity (Wildman–Crippen MR) is 66.4 cm³/mol. The number of alkyl halides is 3. The Morgan fingerprint density at radius 1 is 1.32 bits per heavy atom. The molecule has 3 nitrogen and oxygen atoms in total. The molecule has 106 valence electrons. The summed E-state index contributed by atoms with van der Waals surface area (Å²) in [7, 11) is 0. The molecule has 0 radical (unpaired) electrons. The summed E-state index contributed by atoms with van der Waals surface area (Å²) in [4.78, 5) is 14.7. The maximum Gasteiger partial charge on any atom is 0.418 e. The predicted octanol–water partition coefficient (Wildman–Crippen LogP) is 2.69. The number of thioether (sulfide) groups is 2. The molecule has 8 heteroatoms. The average Bonchev–Trinajstić information content (AvgIpc) is 2.29. The molecule has 0 spiro atoms. The molecule has 19 heavy (non-hydrogen) atoms. The zero-order chi connectivity index (χ0) is 14.6. The maximum atomic E-state index is 13.1. The number of halogens is 3. The molecular formula is C11H11F3NO2S2-. The molecular weight excluding hydrogens is 299 g/mol. The molecule has 1 heterocycles. The summed E-state index contributed by atoms with van der Waals surface area (Å²) in [5.74, 6) is -1.04. The Balaban J connectivity index is 3.56. The van der Waals surface area contributed by atoms with Crippen molar-refractivity contribution in [2.75, 3.05) is 11.5 Å². The zero-order valence-electron chi connectivity index (χ0n) is 10.2. The molecule has 0 amide bonds. The summed E-state index contributed by atoms with van der Waals surface area (Å²) in [6.07, 6.45) is -3.68. The minimum absolute atomic E-state index is 0.157. The summed E-state index contributed by atoms with van der Waals surface area (Å²) in [6, 6.07) is 0. The SMILES string of the molecule is CCSc1cnc(SCC)c(C(=O)[O-])c1C(F)(F)F. The molecule has 1 aromatic heterocycles. The lowest BCUT2D eigenvalue weighted by atomic mass is 10.1. The summed E-state index contributed by atoms with van der Waals surface area (Å²) in [6.45, 7) is 3.38. The highest BCUT2D eigenvalue weighted by atomic mass is 32.2. The van der Waals surface area contributed by atoms with E-state index in [2.05, 4.69) is 4.98 Å². The van der Waals surface area contributed by atoms with Crippen molar-refractivity contribution in [1.29, 1.82) is 0 Å². The van der Waals surface area contributed by atoms with Gasteiger partial charge in [0.25, 0.3) is 0 Å². The van der Waals surface area contributed by atoms with Crippen LogP contribution in [0.2, 0.25) is 0 Å². The van der Waals surface area contributed by atoms with Crippen molar-refractivity contribution in [3.8, 4) is 0 Å². The number of carbonyl (C=O) groups excluding carboxylic acids is 1. The third-order valence-electron chi connectivity index (χ3n) is 2.08. The molecule has 1 aromatic rings. The highest BCUT2D eigenvalue weighted by molar-refractivity contribution is 7.99. The quantitative estimate of drug-likeness (QED) is 0.783. The fraction of sp³-hybridized carbons (Fsp3) is 0.455. The van der Waals surface area contributed by atoms with E-state index in [1.54, 1.807) is 13.8 Å². The van der Waals surface area contributed by atoms with Gasteiger partial charge in [0, 0.05) is 16.7 Å². The van der Waals surface area contributed by atoms with Gasteiger partial charge in [-0.2, -0.15) is 13.2 Å². The van der Waals surface area contributed by atoms with Gasteiger partial charge in [-0.1, -0.05) is 13.8 Å². The van der Waals surface area contributed by atoms with Gasteiger partial charge in [0.05, 0.1) is 11.5 Å². The van der Waals surface area contributed by atoms with Gasteiger partial charge in [-0.25, -0.2) is 4.98 Å². The molecule has 0 N–H and O–H groups in total. The molecule has 0 bridgehead atoms. The number of carbonyl (C=O) groups is 1. The summed E-state index contributed by atoms with van der Waals surface area (Å²) < 4.78 is 39.2. The summed E-state index contributed by atoms with van der Waals surface area (Å²) >= 11 is 1.85. The molecule has 0 aliphatic heterocycles. The number of hydrogen-bond donors (Lipinski definition) is 0. The minimum atomic E-state index is -4.75. The first kappa shape index (κ1) is 16.2. The van der Waals surface area contributed by atoms with Crippen LogP contribution in [-0.4, -0.2) is 22.5 Å². The van der Waals surface area contributed by atoms with E-state index in [0.29, 0.717) is 11.5 Å². The standard InChI is InChI=1S/C11H12F3NO2S2/c1-3-18-6-5-15-9(19-4-2)7(10(16)17)8(6)11(12,13)14/h5H,3-4H2,1-2H3,(H,16,17)/p-1. The van der Waals surface area contributed by atoms with Crippen LogP contribution in [0.25, 0.3) is 0 Å². The molecule has 0 saturated heterocycles. The van der Waals surface area contributed by atoms with Crippen molar-refractivity contribution in [2.24, 2.45) is 0 Å². The number of nitrogens with zero attached hydrogens (tertiary/aromatic N) is 1. The number of aromatic carboxylic acids is 1. The van der Waals surface area contributed by atoms with Gasteiger partial charge >= 0.3 is 6.18 Å². The van der Waals surface area contributed by atoms with Gasteiger partial charge in [0.15, 0.2) is 0 Å². The number of aromatic nitrogens is 1. The Hall–Kier alpha value is -0.890. The van der Waals surface area contributed by atoms with E-state index < -0.39 is 23.3 Å². The Morgan fingerprint density at radius 2 is 1.89 bits per heavy atom. The van der Waals surface area contributed by atoms with Crippen LogP contribution in [0.3, 0.4) is 0 Å². The van der Waals surface area contributed by atoms with Crippen molar-refractivity contribution in [1.82, 2.24) is 4.98 Å². The van der Waals surface area contributed by atoms with Crippen molar-refractivity contribution in [3.05, 3.63) is 17.3 Å². The third-order valence-corrected chi connectivity index (χ3v) is 3.86. The first-order valence-electron chi connectivity index (χ1n) is 5.40. The fourth-order valence-corrected chi connectivity index (χ4v) is 2.99. The van der Waals surface area contributed by atoms with Crippen molar-refractivity contribution in [3.63, 3.8) is 0 Å². The lowest BCUT2D eigenvalue weighted by molar-refractivity contribution is -0.256. The van der Waals surface area contributed by atoms with Crippen molar-refractivity contribution in [2.45, 2.75) is 29.9 Å². The summed E-state index contributed by atoms with van der Waals surface area (Å²) in [5.41, 5.74) is -2.02. The Kier molecular flexibility index (Phi) is 5.54. The van der Waals surface area contributed by atoms with Crippen LogP contribution in [0.15, 0.2) is 16.1 Å². The third kappa shape index (κ3) is 3.79. The highest BCUT2D eigenvalue weighted by Crippen LogP contribution is 2.41. The van der Waals surface area contributed by atoms with E-state index in [-0.39, 0.29) is 9.92 Å². The smallest absolute Gasteiger partial charge is 0.418 e. The van der Waals surface area contributed by atoms with Crippen LogP contribution in [-0.2, 0) is 6.18 Å². The number of carboxylic acid groups (broad SMARTS) is 1. The van der Waals surface area contributed by atoms with Gasteiger partial charge in [0.2, 0.25) is 0 Å². The Bertz CT molecular complexity index is 478. The van der Waals surface area contributed by atoms with Gasteiger partial charge < -0.3 is 9.90 Å². The summed E-state index contributed by atoms with van der Waals surface area (Å²) in [5, 5.41) is 10.9.